The molecule has 5 heteroatoms. The molecule has 0 atom stereocenters. The monoisotopic (exact) mass is 322 g/mol. The fourth-order valence-corrected chi connectivity index (χ4v) is 3.29. The molecule has 0 saturated heterocycles. The molecule has 0 aliphatic rings. The fourth-order valence-electron chi connectivity index (χ4n) is 3.07. The number of nitrogens with zero attached hydrogens (tertiary/aromatic N) is 3. The maximum absolute atomic E-state index is 6.09. The van der Waals surface area contributed by atoms with Gasteiger partial charge in [-0.1, -0.05) is 35.9 Å². The molecule has 0 bridgehead atoms. The lowest BCUT2D eigenvalue weighted by atomic mass is 9.98. The van der Waals surface area contributed by atoms with Crippen molar-refractivity contribution >= 4 is 22.5 Å². The number of imidazole rings is 1. The first kappa shape index (κ1) is 14.0. The highest BCUT2D eigenvalue weighted by atomic mass is 35.5. The van der Waals surface area contributed by atoms with Gasteiger partial charge in [-0.15, -0.1) is 0 Å². The van der Waals surface area contributed by atoms with Gasteiger partial charge in [0.25, 0.3) is 0 Å². The van der Waals surface area contributed by atoms with Crippen LogP contribution in [0.5, 0.6) is 0 Å². The summed E-state index contributed by atoms with van der Waals surface area (Å²) in [6.45, 7) is 2.07. The van der Waals surface area contributed by atoms with Gasteiger partial charge in [-0.05, 0) is 30.2 Å². The molecule has 0 radical (unpaired) electrons. The number of hydrogen-bond donors (Lipinski definition) is 1. The Kier molecular flexibility index (Phi) is 3.20. The zero-order valence-corrected chi connectivity index (χ0v) is 13.6. The van der Waals surface area contributed by atoms with Gasteiger partial charge in [-0.3, -0.25) is 4.68 Å². The molecule has 4 rings (SSSR count). The molecule has 0 aliphatic carbocycles. The van der Waals surface area contributed by atoms with E-state index in [0.717, 1.165) is 44.0 Å². The van der Waals surface area contributed by atoms with E-state index in [0.29, 0.717) is 0 Å². The Labute approximate surface area is 138 Å². The third-order valence-electron chi connectivity index (χ3n) is 4.10. The summed E-state index contributed by atoms with van der Waals surface area (Å²) in [5.41, 5.74) is 6.36. The van der Waals surface area contributed by atoms with Crippen molar-refractivity contribution in [1.29, 1.82) is 0 Å². The van der Waals surface area contributed by atoms with E-state index in [1.807, 2.05) is 30.1 Å². The average Bonchev–Trinajstić information content (AvgIpc) is 3.13. The van der Waals surface area contributed by atoms with Gasteiger partial charge in [0, 0.05) is 23.0 Å². The van der Waals surface area contributed by atoms with Crippen molar-refractivity contribution in [3.63, 3.8) is 0 Å². The van der Waals surface area contributed by atoms with Crippen LogP contribution in [0.4, 0.5) is 0 Å². The van der Waals surface area contributed by atoms with Crippen molar-refractivity contribution in [2.24, 2.45) is 7.05 Å². The van der Waals surface area contributed by atoms with E-state index < -0.39 is 0 Å². The zero-order chi connectivity index (χ0) is 16.0. The molecule has 0 saturated carbocycles. The molecule has 2 aromatic heterocycles. The lowest BCUT2D eigenvalue weighted by Crippen LogP contribution is -1.93. The van der Waals surface area contributed by atoms with Gasteiger partial charge in [0.1, 0.15) is 5.52 Å². The van der Waals surface area contributed by atoms with E-state index in [2.05, 4.69) is 41.2 Å². The van der Waals surface area contributed by atoms with Crippen LogP contribution in [0.25, 0.3) is 33.4 Å². The molecule has 23 heavy (non-hydrogen) atoms. The number of nitrogens with one attached hydrogen (secondary N) is 1. The Morgan fingerprint density at radius 1 is 1.13 bits per heavy atom. The minimum atomic E-state index is 0.748. The highest BCUT2D eigenvalue weighted by molar-refractivity contribution is 6.30. The average molecular weight is 323 g/mol. The number of halogens is 1. The number of H-pyrrole nitrogens is 1. The van der Waals surface area contributed by atoms with Crippen LogP contribution in [0, 0.1) is 6.92 Å². The smallest absolute Gasteiger partial charge is 0.101 e. The standard InChI is InChI=1S/C18H15ClN4/c1-11-8-12(19)6-7-13(11)14-4-3-5-15-17(14)22-23(2)18(15)16-9-20-10-21-16/h3-10H,1-2H3,(H,20,21). The minimum absolute atomic E-state index is 0.748. The highest BCUT2D eigenvalue weighted by Gasteiger charge is 2.16. The molecule has 4 aromatic rings. The van der Waals surface area contributed by atoms with Gasteiger partial charge in [0.2, 0.25) is 0 Å². The van der Waals surface area contributed by atoms with Crippen molar-refractivity contribution in [2.45, 2.75) is 6.92 Å². The topological polar surface area (TPSA) is 46.5 Å². The molecule has 0 aliphatic heterocycles. The first-order valence-corrected chi connectivity index (χ1v) is 7.74. The lowest BCUT2D eigenvalue weighted by Gasteiger charge is -2.07. The van der Waals surface area contributed by atoms with Crippen molar-refractivity contribution in [3.8, 4) is 22.5 Å². The molecular weight excluding hydrogens is 308 g/mol. The molecule has 0 unspecified atom stereocenters. The summed E-state index contributed by atoms with van der Waals surface area (Å²) in [4.78, 5) is 7.28. The molecule has 1 N–H and O–H groups in total. The molecule has 2 aromatic carbocycles. The molecular formula is C18H15ClN4. The van der Waals surface area contributed by atoms with Crippen LogP contribution >= 0.6 is 11.6 Å². The van der Waals surface area contributed by atoms with Gasteiger partial charge in [-0.2, -0.15) is 5.10 Å². The number of benzene rings is 2. The Morgan fingerprint density at radius 2 is 2.00 bits per heavy atom. The van der Waals surface area contributed by atoms with Crippen LogP contribution in [0.2, 0.25) is 5.02 Å². The van der Waals surface area contributed by atoms with Crippen molar-refractivity contribution in [2.75, 3.05) is 0 Å². The van der Waals surface area contributed by atoms with Gasteiger partial charge in [0.05, 0.1) is 23.9 Å². The number of hydrogen-bond acceptors (Lipinski definition) is 2. The van der Waals surface area contributed by atoms with E-state index in [1.54, 1.807) is 6.33 Å². The second-order valence-electron chi connectivity index (χ2n) is 5.60. The minimum Gasteiger partial charge on any atom is -0.343 e. The third-order valence-corrected chi connectivity index (χ3v) is 4.33. The van der Waals surface area contributed by atoms with Crippen LogP contribution < -0.4 is 0 Å². The Hall–Kier alpha value is -2.59. The maximum Gasteiger partial charge on any atom is 0.101 e. The number of fused-ring (bicyclic) bond motifs is 1. The van der Waals surface area contributed by atoms with Crippen molar-refractivity contribution < 1.29 is 0 Å². The van der Waals surface area contributed by atoms with Crippen molar-refractivity contribution in [1.82, 2.24) is 19.7 Å². The maximum atomic E-state index is 6.09. The lowest BCUT2D eigenvalue weighted by molar-refractivity contribution is 0.786. The summed E-state index contributed by atoms with van der Waals surface area (Å²) < 4.78 is 1.90. The predicted molar refractivity (Wildman–Crippen MR) is 93.5 cm³/mol. The number of aromatic amines is 1. The van der Waals surface area contributed by atoms with Gasteiger partial charge >= 0.3 is 0 Å². The molecule has 0 spiro atoms. The second kappa shape index (κ2) is 5.25. The third kappa shape index (κ3) is 2.23. The summed E-state index contributed by atoms with van der Waals surface area (Å²) in [6.07, 6.45) is 3.50. The van der Waals surface area contributed by atoms with Gasteiger partial charge in [-0.25, -0.2) is 4.98 Å². The van der Waals surface area contributed by atoms with Crippen LogP contribution in [0.15, 0.2) is 48.9 Å². The number of aromatic nitrogens is 4. The summed E-state index contributed by atoms with van der Waals surface area (Å²) in [5.74, 6) is 0. The Bertz CT molecular complexity index is 999. The fraction of sp³-hybridized carbons (Fsp3) is 0.111. The number of rotatable bonds is 2. The zero-order valence-electron chi connectivity index (χ0n) is 12.8. The molecule has 0 amide bonds. The Balaban J connectivity index is 2.01. The molecule has 0 fully saturated rings. The normalized spacial score (nSPS) is 11.3. The quantitative estimate of drug-likeness (QED) is 0.586. The van der Waals surface area contributed by atoms with Crippen LogP contribution in [-0.2, 0) is 7.05 Å². The molecule has 4 nitrogen and oxygen atoms in total. The SMILES string of the molecule is Cc1cc(Cl)ccc1-c1cccc2c(-c3cnc[nH]3)n(C)nc12. The van der Waals surface area contributed by atoms with Crippen LogP contribution in [0.3, 0.4) is 0 Å². The summed E-state index contributed by atoms with van der Waals surface area (Å²) in [5, 5.41) is 6.59. The van der Waals surface area contributed by atoms with Gasteiger partial charge < -0.3 is 4.98 Å². The molecule has 114 valence electrons. The van der Waals surface area contributed by atoms with Crippen LogP contribution in [0.1, 0.15) is 5.56 Å². The second-order valence-corrected chi connectivity index (χ2v) is 6.03. The summed E-state index contributed by atoms with van der Waals surface area (Å²) in [7, 11) is 1.95. The Morgan fingerprint density at radius 3 is 2.74 bits per heavy atom. The largest absolute Gasteiger partial charge is 0.343 e. The first-order valence-electron chi connectivity index (χ1n) is 7.36. The van der Waals surface area contributed by atoms with Crippen molar-refractivity contribution in [3.05, 3.63) is 59.5 Å². The van der Waals surface area contributed by atoms with E-state index in [4.69, 9.17) is 16.7 Å². The number of aryl methyl sites for hydroxylation is 2. The van der Waals surface area contributed by atoms with Gasteiger partial charge in [0.15, 0.2) is 0 Å². The van der Waals surface area contributed by atoms with E-state index >= 15 is 0 Å². The predicted octanol–water partition coefficient (Wildman–Crippen LogP) is 4.59. The van der Waals surface area contributed by atoms with Crippen LogP contribution in [-0.4, -0.2) is 19.7 Å². The summed E-state index contributed by atoms with van der Waals surface area (Å²) >= 11 is 6.09. The van der Waals surface area contributed by atoms with E-state index in [-0.39, 0.29) is 0 Å². The summed E-state index contributed by atoms with van der Waals surface area (Å²) in [6, 6.07) is 12.2. The van der Waals surface area contributed by atoms with E-state index in [1.165, 1.54) is 0 Å². The van der Waals surface area contributed by atoms with E-state index in [9.17, 15) is 0 Å². The molecule has 2 heterocycles. The first-order chi connectivity index (χ1) is 11.1. The highest BCUT2D eigenvalue weighted by Crippen LogP contribution is 2.35.